The van der Waals surface area contributed by atoms with Crippen molar-refractivity contribution >= 4 is 75.7 Å². The van der Waals surface area contributed by atoms with E-state index in [1.807, 2.05) is 32.1 Å². The third-order valence-electron chi connectivity index (χ3n) is 3.51. The molecule has 0 bridgehead atoms. The van der Waals surface area contributed by atoms with E-state index < -0.39 is 13.4 Å². The molecular weight excluding hydrogens is 491 g/mol. The van der Waals surface area contributed by atoms with Crippen molar-refractivity contribution in [3.8, 4) is 0 Å². The lowest BCUT2D eigenvalue weighted by Crippen LogP contribution is -2.34. The number of allylic oxidation sites excluding steroid dienone is 3. The van der Waals surface area contributed by atoms with Crippen LogP contribution in [0.4, 0.5) is 0 Å². The van der Waals surface area contributed by atoms with E-state index in [1.165, 1.54) is 0 Å². The van der Waals surface area contributed by atoms with Crippen molar-refractivity contribution in [3.05, 3.63) is 47.4 Å². The van der Waals surface area contributed by atoms with Gasteiger partial charge in [0, 0.05) is 19.6 Å². The topological polar surface area (TPSA) is 57.1 Å². The second-order valence-electron chi connectivity index (χ2n) is 5.59. The van der Waals surface area contributed by atoms with Crippen LogP contribution < -0.4 is 0 Å². The zero-order chi connectivity index (χ0) is 21.0. The lowest BCUT2D eigenvalue weighted by Gasteiger charge is -2.31. The zero-order valence-corrected chi connectivity index (χ0v) is 19.5. The summed E-state index contributed by atoms with van der Waals surface area (Å²) in [4.78, 5) is 12.1. The van der Waals surface area contributed by atoms with Crippen LogP contribution in [0.3, 0.4) is 0 Å². The first-order chi connectivity index (χ1) is 13.0. The Bertz CT molecular complexity index is 746. The Morgan fingerprint density at radius 1 is 0.929 bits per heavy atom. The Labute approximate surface area is 193 Å². The molecule has 0 saturated carbocycles. The number of hydrogen-bond acceptors (Lipinski definition) is 5. The summed E-state index contributed by atoms with van der Waals surface area (Å²) in [7, 11) is 0. The van der Waals surface area contributed by atoms with Crippen LogP contribution in [0.2, 0.25) is 0 Å². The van der Waals surface area contributed by atoms with E-state index in [4.69, 9.17) is 79.1 Å². The predicted molar refractivity (Wildman–Crippen MR) is 115 cm³/mol. The van der Waals surface area contributed by atoms with Gasteiger partial charge in [-0.2, -0.15) is 0 Å². The molecule has 0 radical (unpaired) electrons. The molecule has 0 N–H and O–H groups in total. The van der Waals surface area contributed by atoms with Gasteiger partial charge in [0.05, 0.1) is 0 Å². The SMILES string of the molecule is CCOC1(OCC)C=CC(C=Cc2nc(C(Cl)(Cl)Cl)nc(C(Cl)(Cl)Cl)n2)=CC1. The molecule has 1 aromatic rings. The smallest absolute Gasteiger partial charge is 0.250 e. The van der Waals surface area contributed by atoms with Crippen LogP contribution in [-0.2, 0) is 17.1 Å². The van der Waals surface area contributed by atoms with Gasteiger partial charge in [-0.1, -0.05) is 87.8 Å². The number of ether oxygens (including phenoxy) is 2. The minimum atomic E-state index is -1.89. The number of rotatable bonds is 6. The van der Waals surface area contributed by atoms with E-state index in [9.17, 15) is 0 Å². The first-order valence-electron chi connectivity index (χ1n) is 8.25. The highest BCUT2D eigenvalue weighted by molar-refractivity contribution is 6.67. The van der Waals surface area contributed by atoms with Gasteiger partial charge in [-0.15, -0.1) is 0 Å². The third-order valence-corrected chi connectivity index (χ3v) is 4.53. The van der Waals surface area contributed by atoms with E-state index in [1.54, 1.807) is 12.2 Å². The molecule has 0 atom stereocenters. The van der Waals surface area contributed by atoms with E-state index in [0.29, 0.717) is 19.6 Å². The van der Waals surface area contributed by atoms with Crippen molar-refractivity contribution in [3.63, 3.8) is 0 Å². The van der Waals surface area contributed by atoms with Crippen LogP contribution in [0, 0.1) is 0 Å². The van der Waals surface area contributed by atoms with E-state index in [2.05, 4.69) is 15.0 Å². The molecule has 1 heterocycles. The van der Waals surface area contributed by atoms with Crippen LogP contribution in [-0.4, -0.2) is 34.0 Å². The largest absolute Gasteiger partial charge is 0.346 e. The highest BCUT2D eigenvalue weighted by atomic mass is 35.6. The Kier molecular flexibility index (Phi) is 8.46. The van der Waals surface area contributed by atoms with Gasteiger partial charge in [0.2, 0.25) is 7.59 Å². The maximum Gasteiger partial charge on any atom is 0.250 e. The molecule has 0 spiro atoms. The maximum atomic E-state index is 5.87. The molecule has 0 amide bonds. The van der Waals surface area contributed by atoms with Crippen molar-refractivity contribution in [2.75, 3.05) is 13.2 Å². The molecule has 0 unspecified atom stereocenters. The maximum absolute atomic E-state index is 5.87. The minimum absolute atomic E-state index is 0.145. The van der Waals surface area contributed by atoms with E-state index in [0.717, 1.165) is 5.57 Å². The molecule has 2 rings (SSSR count). The lowest BCUT2D eigenvalue weighted by atomic mass is 10.0. The Morgan fingerprint density at radius 2 is 1.46 bits per heavy atom. The first kappa shape index (κ1) is 24.2. The van der Waals surface area contributed by atoms with Gasteiger partial charge in [0.1, 0.15) is 0 Å². The molecule has 0 saturated heterocycles. The monoisotopic (exact) mass is 505 g/mol. The molecule has 0 aromatic carbocycles. The summed E-state index contributed by atoms with van der Waals surface area (Å²) in [6.07, 6.45) is 9.64. The van der Waals surface area contributed by atoms with Crippen molar-refractivity contribution in [1.82, 2.24) is 15.0 Å². The summed E-state index contributed by atoms with van der Waals surface area (Å²) in [5.41, 5.74) is 0.890. The average Bonchev–Trinajstić information content (AvgIpc) is 2.60. The van der Waals surface area contributed by atoms with Crippen LogP contribution in [0.15, 0.2) is 29.9 Å². The van der Waals surface area contributed by atoms with Crippen LogP contribution in [0.25, 0.3) is 6.08 Å². The van der Waals surface area contributed by atoms with Crippen molar-refractivity contribution < 1.29 is 9.47 Å². The number of hydrogen-bond donors (Lipinski definition) is 0. The number of aromatic nitrogens is 3. The molecule has 28 heavy (non-hydrogen) atoms. The standard InChI is InChI=1S/C17H17Cl6N3O2/c1-3-27-15(28-4-2)9-7-11(8-10-15)5-6-12-24-13(16(18,19)20)26-14(25-12)17(21,22)23/h5-9H,3-4,10H2,1-2H3. The lowest BCUT2D eigenvalue weighted by molar-refractivity contribution is -0.197. The quantitative estimate of drug-likeness (QED) is 0.339. The third kappa shape index (κ3) is 6.71. The van der Waals surface area contributed by atoms with Crippen molar-refractivity contribution in [2.24, 2.45) is 0 Å². The molecule has 5 nitrogen and oxygen atoms in total. The molecule has 1 aliphatic carbocycles. The van der Waals surface area contributed by atoms with Crippen LogP contribution in [0.5, 0.6) is 0 Å². The normalized spacial score (nSPS) is 17.2. The summed E-state index contributed by atoms with van der Waals surface area (Å²) in [6.45, 7) is 4.90. The predicted octanol–water partition coefficient (Wildman–Crippen LogP) is 6.19. The molecule has 154 valence electrons. The highest BCUT2D eigenvalue weighted by Crippen LogP contribution is 2.40. The molecule has 1 aromatic heterocycles. The van der Waals surface area contributed by atoms with Crippen LogP contribution in [0.1, 0.15) is 37.7 Å². The average molecular weight is 508 g/mol. The van der Waals surface area contributed by atoms with Gasteiger partial charge >= 0.3 is 0 Å². The van der Waals surface area contributed by atoms with E-state index >= 15 is 0 Å². The first-order valence-corrected chi connectivity index (χ1v) is 10.5. The minimum Gasteiger partial charge on any atom is -0.346 e. The Morgan fingerprint density at radius 3 is 1.86 bits per heavy atom. The second-order valence-corrected chi connectivity index (χ2v) is 10.2. The fourth-order valence-electron chi connectivity index (χ4n) is 2.38. The summed E-state index contributed by atoms with van der Waals surface area (Å²) in [6, 6.07) is 0. The number of halogens is 6. The second kappa shape index (κ2) is 9.80. The van der Waals surface area contributed by atoms with E-state index in [-0.39, 0.29) is 17.5 Å². The fraction of sp³-hybridized carbons (Fsp3) is 0.471. The fourth-order valence-corrected chi connectivity index (χ4v) is 2.89. The Hall–Kier alpha value is -0.110. The molecule has 0 aliphatic heterocycles. The highest BCUT2D eigenvalue weighted by Gasteiger charge is 2.33. The molecule has 1 aliphatic rings. The van der Waals surface area contributed by atoms with Gasteiger partial charge in [0.25, 0.3) is 0 Å². The zero-order valence-electron chi connectivity index (χ0n) is 14.9. The number of nitrogens with zero attached hydrogens (tertiary/aromatic N) is 3. The van der Waals surface area contributed by atoms with Crippen LogP contribution >= 0.6 is 69.6 Å². The summed E-state index contributed by atoms with van der Waals surface area (Å²) in [5, 5.41) is 0. The molecule has 0 fully saturated rings. The number of alkyl halides is 6. The van der Waals surface area contributed by atoms with Gasteiger partial charge < -0.3 is 9.47 Å². The van der Waals surface area contributed by atoms with Gasteiger partial charge in [0.15, 0.2) is 23.3 Å². The van der Waals surface area contributed by atoms with Gasteiger partial charge in [-0.3, -0.25) is 0 Å². The van der Waals surface area contributed by atoms with Crippen molar-refractivity contribution in [2.45, 2.75) is 33.6 Å². The molecular formula is C17H17Cl6N3O2. The summed E-state index contributed by atoms with van der Waals surface area (Å²) in [5.74, 6) is -0.862. The van der Waals surface area contributed by atoms with Gasteiger partial charge in [-0.25, -0.2) is 15.0 Å². The molecule has 11 heteroatoms. The van der Waals surface area contributed by atoms with Crippen molar-refractivity contribution in [1.29, 1.82) is 0 Å². The Balaban J connectivity index is 2.27. The summed E-state index contributed by atoms with van der Waals surface area (Å²) >= 11 is 35.2. The summed E-state index contributed by atoms with van der Waals surface area (Å²) < 4.78 is 7.67. The van der Waals surface area contributed by atoms with Gasteiger partial charge in [-0.05, 0) is 31.6 Å².